The third-order valence-electron chi connectivity index (χ3n) is 3.37. The molecule has 1 aromatic heterocycles. The largest absolute Gasteiger partial charge is 0.508 e. The number of nitrogens with one attached hydrogen (secondary N) is 1. The van der Waals surface area contributed by atoms with E-state index in [1.165, 1.54) is 32.4 Å². The quantitative estimate of drug-likeness (QED) is 0.775. The average Bonchev–Trinajstić information content (AvgIpc) is 2.60. The Bertz CT molecular complexity index is 732. The van der Waals surface area contributed by atoms with Crippen molar-refractivity contribution >= 4 is 11.9 Å². The summed E-state index contributed by atoms with van der Waals surface area (Å²) in [6, 6.07) is 8.40. The summed E-state index contributed by atoms with van der Waals surface area (Å²) >= 11 is 0. The minimum Gasteiger partial charge on any atom is -0.508 e. The van der Waals surface area contributed by atoms with Gasteiger partial charge in [-0.15, -0.1) is 0 Å². The average molecular weight is 330 g/mol. The van der Waals surface area contributed by atoms with Gasteiger partial charge in [-0.05, 0) is 24.3 Å². The van der Waals surface area contributed by atoms with Gasteiger partial charge in [-0.25, -0.2) is 9.78 Å². The highest BCUT2D eigenvalue weighted by Crippen LogP contribution is 2.17. The Kier molecular flexibility index (Phi) is 5.73. The van der Waals surface area contributed by atoms with Gasteiger partial charge < -0.3 is 19.9 Å². The maximum absolute atomic E-state index is 12.3. The first-order valence-electron chi connectivity index (χ1n) is 7.20. The molecule has 0 bridgehead atoms. The van der Waals surface area contributed by atoms with Gasteiger partial charge in [-0.3, -0.25) is 4.79 Å². The third kappa shape index (κ3) is 4.22. The number of phenolic OH excluding ortho intramolecular Hbond substituents is 1. The number of benzene rings is 1. The molecule has 2 aromatic rings. The van der Waals surface area contributed by atoms with Gasteiger partial charge in [-0.1, -0.05) is 12.1 Å². The Morgan fingerprint density at radius 1 is 1.25 bits per heavy atom. The van der Waals surface area contributed by atoms with E-state index in [-0.39, 0.29) is 17.7 Å². The topological polar surface area (TPSA) is 97.8 Å². The van der Waals surface area contributed by atoms with Crippen molar-refractivity contribution in [1.29, 1.82) is 0 Å². The lowest BCUT2D eigenvalue weighted by molar-refractivity contribution is -0.142. The zero-order valence-electron chi connectivity index (χ0n) is 13.4. The molecule has 126 valence electrons. The Hall–Kier alpha value is -3.09. The van der Waals surface area contributed by atoms with Gasteiger partial charge in [0.2, 0.25) is 5.88 Å². The molecular weight excluding hydrogens is 312 g/mol. The molecule has 1 amide bonds. The van der Waals surface area contributed by atoms with Crippen LogP contribution in [-0.2, 0) is 16.0 Å². The summed E-state index contributed by atoms with van der Waals surface area (Å²) in [5.74, 6) is -0.747. The number of hydrogen-bond acceptors (Lipinski definition) is 6. The summed E-state index contributed by atoms with van der Waals surface area (Å²) in [7, 11) is 2.72. The fourth-order valence-corrected chi connectivity index (χ4v) is 2.21. The molecule has 0 fully saturated rings. The standard InChI is InChI=1S/C17H18N2O5/c1-23-16-12(6-4-8-18-16)10-14(17(22)24-2)19-15(21)11-5-3-7-13(20)9-11/h3-9,14,20H,10H2,1-2H3,(H,19,21)/t14-/m1/s1. The van der Waals surface area contributed by atoms with E-state index in [0.29, 0.717) is 11.4 Å². The third-order valence-corrected chi connectivity index (χ3v) is 3.37. The van der Waals surface area contributed by atoms with Crippen LogP contribution < -0.4 is 10.1 Å². The lowest BCUT2D eigenvalue weighted by Crippen LogP contribution is -2.43. The second-order valence-corrected chi connectivity index (χ2v) is 4.98. The molecule has 2 N–H and O–H groups in total. The number of phenols is 1. The van der Waals surface area contributed by atoms with Crippen LogP contribution in [-0.4, -0.2) is 42.2 Å². The summed E-state index contributed by atoms with van der Waals surface area (Å²) in [5, 5.41) is 12.1. The number of hydrogen-bond donors (Lipinski definition) is 2. The Morgan fingerprint density at radius 2 is 2.04 bits per heavy atom. The number of aromatic nitrogens is 1. The van der Waals surface area contributed by atoms with E-state index in [1.807, 2.05) is 0 Å². The summed E-state index contributed by atoms with van der Waals surface area (Å²) in [5.41, 5.74) is 0.897. The highest BCUT2D eigenvalue weighted by molar-refractivity contribution is 5.97. The molecule has 0 saturated heterocycles. The van der Waals surface area contributed by atoms with Crippen LogP contribution in [0.1, 0.15) is 15.9 Å². The lowest BCUT2D eigenvalue weighted by Gasteiger charge is -2.17. The van der Waals surface area contributed by atoms with Gasteiger partial charge in [-0.2, -0.15) is 0 Å². The van der Waals surface area contributed by atoms with Gasteiger partial charge in [0.15, 0.2) is 0 Å². The molecule has 0 saturated carbocycles. The monoisotopic (exact) mass is 330 g/mol. The molecule has 2 rings (SSSR count). The zero-order chi connectivity index (χ0) is 17.5. The molecule has 0 unspecified atom stereocenters. The normalized spacial score (nSPS) is 11.4. The van der Waals surface area contributed by atoms with Gasteiger partial charge >= 0.3 is 5.97 Å². The van der Waals surface area contributed by atoms with E-state index in [2.05, 4.69) is 10.3 Å². The van der Waals surface area contributed by atoms with Crippen molar-refractivity contribution in [2.45, 2.75) is 12.5 Å². The first kappa shape index (κ1) is 17.3. The molecule has 0 aliphatic heterocycles. The Balaban J connectivity index is 2.20. The summed E-state index contributed by atoms with van der Waals surface area (Å²) in [6.45, 7) is 0. The van der Waals surface area contributed by atoms with Crippen molar-refractivity contribution in [2.24, 2.45) is 0 Å². The summed E-state index contributed by atoms with van der Waals surface area (Å²) < 4.78 is 9.91. The van der Waals surface area contributed by atoms with Crippen molar-refractivity contribution in [1.82, 2.24) is 10.3 Å². The van der Waals surface area contributed by atoms with Crippen molar-refractivity contribution < 1.29 is 24.2 Å². The van der Waals surface area contributed by atoms with Crippen molar-refractivity contribution in [3.8, 4) is 11.6 Å². The zero-order valence-corrected chi connectivity index (χ0v) is 13.4. The highest BCUT2D eigenvalue weighted by atomic mass is 16.5. The minimum atomic E-state index is -0.914. The van der Waals surface area contributed by atoms with E-state index < -0.39 is 17.9 Å². The summed E-state index contributed by atoms with van der Waals surface area (Å²) in [6.07, 6.45) is 1.73. The van der Waals surface area contributed by atoms with Crippen LogP contribution in [0.25, 0.3) is 0 Å². The van der Waals surface area contributed by atoms with Crippen LogP contribution in [0.5, 0.6) is 11.6 Å². The molecule has 7 heteroatoms. The van der Waals surface area contributed by atoms with E-state index >= 15 is 0 Å². The van der Waals surface area contributed by atoms with E-state index in [9.17, 15) is 14.7 Å². The Labute approximate surface area is 139 Å². The number of amides is 1. The van der Waals surface area contributed by atoms with Crippen LogP contribution >= 0.6 is 0 Å². The van der Waals surface area contributed by atoms with E-state index in [1.54, 1.807) is 24.4 Å². The Morgan fingerprint density at radius 3 is 2.71 bits per heavy atom. The summed E-state index contributed by atoms with van der Waals surface area (Å²) in [4.78, 5) is 28.4. The van der Waals surface area contributed by atoms with E-state index in [0.717, 1.165) is 0 Å². The second-order valence-electron chi connectivity index (χ2n) is 4.98. The van der Waals surface area contributed by atoms with Crippen LogP contribution in [0.15, 0.2) is 42.6 Å². The van der Waals surface area contributed by atoms with Gasteiger partial charge in [0.1, 0.15) is 11.8 Å². The van der Waals surface area contributed by atoms with Gasteiger partial charge in [0.25, 0.3) is 5.91 Å². The molecule has 0 aliphatic carbocycles. The second kappa shape index (κ2) is 7.96. The molecule has 24 heavy (non-hydrogen) atoms. The predicted octanol–water partition coefficient (Wildman–Crippen LogP) is 1.31. The van der Waals surface area contributed by atoms with Gasteiger partial charge in [0.05, 0.1) is 14.2 Å². The van der Waals surface area contributed by atoms with Crippen LogP contribution in [0, 0.1) is 0 Å². The maximum Gasteiger partial charge on any atom is 0.328 e. The number of ether oxygens (including phenoxy) is 2. The first-order chi connectivity index (χ1) is 11.5. The molecule has 1 atom stereocenters. The molecule has 0 aliphatic rings. The number of aromatic hydroxyl groups is 1. The van der Waals surface area contributed by atoms with Crippen LogP contribution in [0.3, 0.4) is 0 Å². The van der Waals surface area contributed by atoms with E-state index in [4.69, 9.17) is 9.47 Å². The number of esters is 1. The van der Waals surface area contributed by atoms with Crippen LogP contribution in [0.4, 0.5) is 0 Å². The number of methoxy groups -OCH3 is 2. The molecular formula is C17H18N2O5. The number of pyridine rings is 1. The van der Waals surface area contributed by atoms with Crippen molar-refractivity contribution in [3.63, 3.8) is 0 Å². The van der Waals surface area contributed by atoms with Gasteiger partial charge in [0, 0.05) is 23.7 Å². The molecule has 0 spiro atoms. The fourth-order valence-electron chi connectivity index (χ4n) is 2.21. The lowest BCUT2D eigenvalue weighted by atomic mass is 10.1. The smallest absolute Gasteiger partial charge is 0.328 e. The molecule has 0 radical (unpaired) electrons. The number of nitrogens with zero attached hydrogens (tertiary/aromatic N) is 1. The molecule has 1 heterocycles. The first-order valence-corrected chi connectivity index (χ1v) is 7.20. The molecule has 7 nitrogen and oxygen atoms in total. The molecule has 1 aromatic carbocycles. The fraction of sp³-hybridized carbons (Fsp3) is 0.235. The number of rotatable bonds is 6. The number of carbonyl (C=O) groups is 2. The van der Waals surface area contributed by atoms with Crippen molar-refractivity contribution in [3.05, 3.63) is 53.7 Å². The SMILES string of the molecule is COC(=O)[C@@H](Cc1cccnc1OC)NC(=O)c1cccc(O)c1. The van der Waals surface area contributed by atoms with Crippen LogP contribution in [0.2, 0.25) is 0 Å². The minimum absolute atomic E-state index is 0.0359. The maximum atomic E-state index is 12.3. The number of carbonyl (C=O) groups excluding carboxylic acids is 2. The van der Waals surface area contributed by atoms with Crippen molar-refractivity contribution in [2.75, 3.05) is 14.2 Å². The highest BCUT2D eigenvalue weighted by Gasteiger charge is 2.24. The predicted molar refractivity (Wildman–Crippen MR) is 85.9 cm³/mol.